The smallest absolute Gasteiger partial charge is 0.408 e. The Bertz CT molecular complexity index is 1060. The molecule has 1 unspecified atom stereocenters. The van der Waals surface area contributed by atoms with E-state index in [1.165, 1.54) is 0 Å². The highest BCUT2D eigenvalue weighted by molar-refractivity contribution is 5.87. The Labute approximate surface area is 195 Å². The Morgan fingerprint density at radius 3 is 2.45 bits per heavy atom. The van der Waals surface area contributed by atoms with Crippen LogP contribution in [0.3, 0.4) is 0 Å². The predicted octanol–water partition coefficient (Wildman–Crippen LogP) is 4.21. The molecular weight excluding hydrogens is 418 g/mol. The molecule has 2 aromatic carbocycles. The fourth-order valence-corrected chi connectivity index (χ4v) is 3.57. The molecule has 1 heterocycles. The van der Waals surface area contributed by atoms with E-state index >= 15 is 0 Å². The summed E-state index contributed by atoms with van der Waals surface area (Å²) in [7, 11) is 4.16. The number of carbonyl (C=O) groups excluding carboxylic acids is 2. The highest BCUT2D eigenvalue weighted by atomic mass is 16.6. The van der Waals surface area contributed by atoms with E-state index in [9.17, 15) is 9.59 Å². The highest BCUT2D eigenvalue weighted by Crippen LogP contribution is 2.28. The number of ether oxygens (including phenoxy) is 2. The summed E-state index contributed by atoms with van der Waals surface area (Å²) in [5.41, 5.74) is 2.77. The van der Waals surface area contributed by atoms with Crippen molar-refractivity contribution in [3.63, 3.8) is 0 Å². The molecule has 1 aromatic heterocycles. The first-order valence-corrected chi connectivity index (χ1v) is 11.3. The van der Waals surface area contributed by atoms with E-state index in [1.807, 2.05) is 67.7 Å². The van der Waals surface area contributed by atoms with E-state index in [0.29, 0.717) is 6.54 Å². The fourth-order valence-electron chi connectivity index (χ4n) is 3.57. The molecule has 1 amide bonds. The van der Waals surface area contributed by atoms with Crippen LogP contribution in [0.2, 0.25) is 0 Å². The van der Waals surface area contributed by atoms with Crippen LogP contribution >= 0.6 is 0 Å². The largest absolute Gasteiger partial charge is 0.458 e. The average molecular weight is 453 g/mol. The van der Waals surface area contributed by atoms with Gasteiger partial charge >= 0.3 is 12.1 Å². The Hall–Kier alpha value is -3.32. The van der Waals surface area contributed by atoms with Crippen LogP contribution in [0.25, 0.3) is 10.9 Å². The van der Waals surface area contributed by atoms with Crippen LogP contribution in [0.4, 0.5) is 4.79 Å². The van der Waals surface area contributed by atoms with E-state index in [0.717, 1.165) is 33.1 Å². The summed E-state index contributed by atoms with van der Waals surface area (Å²) in [5, 5.41) is 3.75. The lowest BCUT2D eigenvalue weighted by molar-refractivity contribution is -0.888. The summed E-state index contributed by atoms with van der Waals surface area (Å²) in [4.78, 5) is 28.9. The molecule has 0 aliphatic carbocycles. The first-order valence-electron chi connectivity index (χ1n) is 11.3. The van der Waals surface area contributed by atoms with Gasteiger partial charge in [-0.25, -0.2) is 9.59 Å². The molecule has 2 N–H and O–H groups in total. The third-order valence-electron chi connectivity index (χ3n) is 6.15. The molecular formula is C26H34N3O4+. The molecule has 0 spiro atoms. The van der Waals surface area contributed by atoms with Crippen molar-refractivity contribution in [2.24, 2.45) is 0 Å². The number of H-pyrrole nitrogens is 1. The molecule has 0 radical (unpaired) electrons. The van der Waals surface area contributed by atoms with Gasteiger partial charge in [-0.3, -0.25) is 0 Å². The Morgan fingerprint density at radius 1 is 1.03 bits per heavy atom. The van der Waals surface area contributed by atoms with Crippen molar-refractivity contribution in [3.8, 4) is 0 Å². The van der Waals surface area contributed by atoms with Crippen molar-refractivity contribution >= 4 is 23.0 Å². The van der Waals surface area contributed by atoms with Crippen LogP contribution < -0.4 is 5.32 Å². The lowest BCUT2D eigenvalue weighted by Gasteiger charge is -2.28. The van der Waals surface area contributed by atoms with E-state index < -0.39 is 18.1 Å². The monoisotopic (exact) mass is 452 g/mol. The molecule has 0 fully saturated rings. The van der Waals surface area contributed by atoms with Gasteiger partial charge in [0, 0.05) is 23.0 Å². The zero-order chi connectivity index (χ0) is 23.8. The molecule has 2 atom stereocenters. The van der Waals surface area contributed by atoms with Crippen molar-refractivity contribution in [1.82, 2.24) is 10.3 Å². The Morgan fingerprint density at radius 2 is 1.73 bits per heavy atom. The number of carbonyl (C=O) groups is 2. The molecule has 7 nitrogen and oxygen atoms in total. The molecule has 0 bridgehead atoms. The van der Waals surface area contributed by atoms with E-state index in [2.05, 4.69) is 31.3 Å². The van der Waals surface area contributed by atoms with Gasteiger partial charge < -0.3 is 24.3 Å². The maximum absolute atomic E-state index is 13.1. The van der Waals surface area contributed by atoms with E-state index in [4.69, 9.17) is 9.47 Å². The maximum Gasteiger partial charge on any atom is 0.408 e. The number of alkyl carbamates (subject to hydrolysis) is 1. The molecule has 33 heavy (non-hydrogen) atoms. The number of quaternary nitrogens is 1. The van der Waals surface area contributed by atoms with Crippen molar-refractivity contribution in [1.29, 1.82) is 0 Å². The summed E-state index contributed by atoms with van der Waals surface area (Å²) in [6.45, 7) is 6.01. The second kappa shape index (κ2) is 11.0. The number of fused-ring (bicyclic) bond motifs is 1. The van der Waals surface area contributed by atoms with Gasteiger partial charge in [0.05, 0.1) is 20.6 Å². The standard InChI is InChI=1S/C26H33N3O4/c1-5-29(3,4)15-16-32-25(30)24(28-26(31)33-18-20-11-7-6-8-12-20)19(2)22-17-27-23-14-10-9-13-21(22)23/h6-14,17,19,24,27H,5,15-16,18H2,1-4H3/p+1/t19?,24-/m0/s1. The van der Waals surface area contributed by atoms with Gasteiger partial charge in [-0.05, 0) is 24.1 Å². The van der Waals surface area contributed by atoms with Crippen molar-refractivity contribution in [2.75, 3.05) is 33.8 Å². The summed E-state index contributed by atoms with van der Waals surface area (Å²) < 4.78 is 11.7. The number of aromatic nitrogens is 1. The minimum Gasteiger partial charge on any atom is -0.458 e. The van der Waals surface area contributed by atoms with Crippen molar-refractivity contribution in [2.45, 2.75) is 32.4 Å². The topological polar surface area (TPSA) is 80.4 Å². The third kappa shape index (κ3) is 6.58. The number of esters is 1. The number of aromatic amines is 1. The van der Waals surface area contributed by atoms with Crippen LogP contribution in [-0.2, 0) is 20.9 Å². The average Bonchev–Trinajstić information content (AvgIpc) is 3.25. The first kappa shape index (κ1) is 24.3. The minimum absolute atomic E-state index is 0.123. The number of benzene rings is 2. The number of nitrogens with one attached hydrogen (secondary N) is 2. The lowest BCUT2D eigenvalue weighted by atomic mass is 9.93. The zero-order valence-corrected chi connectivity index (χ0v) is 19.8. The molecule has 3 aromatic rings. The number of hydrogen-bond acceptors (Lipinski definition) is 4. The van der Waals surface area contributed by atoms with Gasteiger partial charge in [0.15, 0.2) is 0 Å². The number of nitrogens with zero attached hydrogens (tertiary/aromatic N) is 1. The molecule has 7 heteroatoms. The van der Waals surface area contributed by atoms with E-state index in [-0.39, 0.29) is 19.1 Å². The minimum atomic E-state index is -0.885. The lowest BCUT2D eigenvalue weighted by Crippen LogP contribution is -2.47. The molecule has 0 aliphatic rings. The normalized spacial score (nSPS) is 13.3. The van der Waals surface area contributed by atoms with Crippen molar-refractivity contribution < 1.29 is 23.5 Å². The molecule has 176 valence electrons. The molecule has 0 saturated heterocycles. The second-order valence-electron chi connectivity index (χ2n) is 8.91. The summed E-state index contributed by atoms with van der Waals surface area (Å²) in [6, 6.07) is 16.4. The Balaban J connectivity index is 1.73. The van der Waals surface area contributed by atoms with Gasteiger partial charge in [0.1, 0.15) is 25.8 Å². The summed E-state index contributed by atoms with van der Waals surface area (Å²) in [5.74, 6) is -0.799. The quantitative estimate of drug-likeness (QED) is 0.357. The van der Waals surface area contributed by atoms with Gasteiger partial charge in [0.2, 0.25) is 0 Å². The predicted molar refractivity (Wildman–Crippen MR) is 129 cm³/mol. The van der Waals surface area contributed by atoms with Crippen LogP contribution in [0.1, 0.15) is 30.9 Å². The van der Waals surface area contributed by atoms with Crippen LogP contribution in [0, 0.1) is 0 Å². The number of para-hydroxylation sites is 1. The first-order chi connectivity index (χ1) is 15.8. The molecule has 0 aliphatic heterocycles. The maximum atomic E-state index is 13.1. The number of amides is 1. The van der Waals surface area contributed by atoms with Gasteiger partial charge in [-0.2, -0.15) is 0 Å². The van der Waals surface area contributed by atoms with Crippen LogP contribution in [0.15, 0.2) is 60.8 Å². The number of hydrogen-bond donors (Lipinski definition) is 2. The third-order valence-corrected chi connectivity index (χ3v) is 6.15. The van der Waals surface area contributed by atoms with Gasteiger partial charge in [0.25, 0.3) is 0 Å². The molecule has 3 rings (SSSR count). The highest BCUT2D eigenvalue weighted by Gasteiger charge is 2.32. The van der Waals surface area contributed by atoms with Crippen molar-refractivity contribution in [3.05, 3.63) is 71.9 Å². The van der Waals surface area contributed by atoms with Gasteiger partial charge in [-0.1, -0.05) is 55.5 Å². The number of rotatable bonds is 10. The molecule has 0 saturated carbocycles. The van der Waals surface area contributed by atoms with Gasteiger partial charge in [-0.15, -0.1) is 0 Å². The Kier molecular flexibility index (Phi) is 8.11. The summed E-state index contributed by atoms with van der Waals surface area (Å²) >= 11 is 0. The van der Waals surface area contributed by atoms with E-state index in [1.54, 1.807) is 0 Å². The zero-order valence-electron chi connectivity index (χ0n) is 19.8. The van der Waals surface area contributed by atoms with Crippen LogP contribution in [0.5, 0.6) is 0 Å². The SMILES string of the molecule is CC[N+](C)(C)CCOC(=O)[C@@H](NC(=O)OCc1ccccc1)C(C)c1c[nH]c2ccccc12. The number of likely N-dealkylation sites (N-methyl/N-ethyl adjacent to an activating group) is 1. The van der Waals surface area contributed by atoms with Crippen LogP contribution in [-0.4, -0.2) is 61.4 Å². The second-order valence-corrected chi connectivity index (χ2v) is 8.91. The summed E-state index contributed by atoms with van der Waals surface area (Å²) in [6.07, 6.45) is 1.22. The fraction of sp³-hybridized carbons (Fsp3) is 0.385.